The zero-order valence-corrected chi connectivity index (χ0v) is 10.8. The fraction of sp³-hybridized carbons (Fsp3) is 0.462. The molecule has 0 spiro atoms. The van der Waals surface area contributed by atoms with Crippen molar-refractivity contribution < 1.29 is 4.79 Å². The molecule has 0 amide bonds. The number of benzene rings is 1. The van der Waals surface area contributed by atoms with Gasteiger partial charge >= 0.3 is 0 Å². The molecule has 1 aliphatic heterocycles. The van der Waals surface area contributed by atoms with E-state index in [0.717, 1.165) is 36.0 Å². The van der Waals surface area contributed by atoms with Gasteiger partial charge in [0.1, 0.15) is 5.78 Å². The van der Waals surface area contributed by atoms with Gasteiger partial charge in [0.2, 0.25) is 0 Å². The topological polar surface area (TPSA) is 29.1 Å². The van der Waals surface area contributed by atoms with Crippen molar-refractivity contribution in [1.82, 2.24) is 5.32 Å². The van der Waals surface area contributed by atoms with Gasteiger partial charge in [-0.05, 0) is 37.6 Å². The summed E-state index contributed by atoms with van der Waals surface area (Å²) in [6, 6.07) is 7.96. The molecule has 0 atom stereocenters. The second kappa shape index (κ2) is 5.60. The summed E-state index contributed by atoms with van der Waals surface area (Å²) < 4.78 is 1.04. The summed E-state index contributed by atoms with van der Waals surface area (Å²) in [5.41, 5.74) is 1.10. The number of halogens is 1. The van der Waals surface area contributed by atoms with Crippen LogP contribution in [0.5, 0.6) is 0 Å². The van der Waals surface area contributed by atoms with Gasteiger partial charge in [0.05, 0.1) is 0 Å². The molecule has 2 rings (SSSR count). The smallest absolute Gasteiger partial charge is 0.140 e. The summed E-state index contributed by atoms with van der Waals surface area (Å²) in [7, 11) is 0. The highest BCUT2D eigenvalue weighted by Gasteiger charge is 2.21. The maximum Gasteiger partial charge on any atom is 0.140 e. The first-order valence-electron chi connectivity index (χ1n) is 5.74. The molecule has 86 valence electrons. The van der Waals surface area contributed by atoms with Crippen molar-refractivity contribution in [3.8, 4) is 0 Å². The Labute approximate surface area is 105 Å². The van der Waals surface area contributed by atoms with Crippen LogP contribution < -0.4 is 5.32 Å². The SMILES string of the molecule is O=C(Cc1ccccc1Br)C1CCNCC1. The fourth-order valence-electron chi connectivity index (χ4n) is 2.12. The molecule has 1 aliphatic rings. The fourth-order valence-corrected chi connectivity index (χ4v) is 2.54. The van der Waals surface area contributed by atoms with Crippen molar-refractivity contribution in [1.29, 1.82) is 0 Å². The number of rotatable bonds is 3. The molecule has 0 aliphatic carbocycles. The van der Waals surface area contributed by atoms with Crippen LogP contribution in [0.4, 0.5) is 0 Å². The lowest BCUT2D eigenvalue weighted by Gasteiger charge is -2.21. The van der Waals surface area contributed by atoms with E-state index < -0.39 is 0 Å². The Bertz CT molecular complexity index is 372. The van der Waals surface area contributed by atoms with E-state index in [1.165, 1.54) is 0 Å². The highest BCUT2D eigenvalue weighted by atomic mass is 79.9. The van der Waals surface area contributed by atoms with Gasteiger partial charge in [-0.2, -0.15) is 0 Å². The van der Waals surface area contributed by atoms with Crippen LogP contribution in [0.15, 0.2) is 28.7 Å². The lowest BCUT2D eigenvalue weighted by atomic mass is 9.90. The molecule has 1 saturated heterocycles. The molecule has 2 nitrogen and oxygen atoms in total. The van der Waals surface area contributed by atoms with Crippen LogP contribution in [-0.2, 0) is 11.2 Å². The molecule has 1 aromatic rings. The molecule has 0 unspecified atom stereocenters. The Morgan fingerprint density at radius 1 is 1.31 bits per heavy atom. The van der Waals surface area contributed by atoms with E-state index in [2.05, 4.69) is 21.2 Å². The third-order valence-electron chi connectivity index (χ3n) is 3.12. The molecule has 0 aromatic heterocycles. The van der Waals surface area contributed by atoms with Crippen LogP contribution in [-0.4, -0.2) is 18.9 Å². The lowest BCUT2D eigenvalue weighted by Crippen LogP contribution is -2.32. The summed E-state index contributed by atoms with van der Waals surface area (Å²) in [6.45, 7) is 1.96. The predicted octanol–water partition coefficient (Wildman–Crippen LogP) is 2.56. The molecule has 0 radical (unpaired) electrons. The highest BCUT2D eigenvalue weighted by molar-refractivity contribution is 9.10. The second-order valence-electron chi connectivity index (χ2n) is 4.26. The third kappa shape index (κ3) is 2.92. The lowest BCUT2D eigenvalue weighted by molar-refractivity contribution is -0.122. The number of Topliss-reactive ketones (excluding diaryl/α,β-unsaturated/α-hetero) is 1. The monoisotopic (exact) mass is 281 g/mol. The molecule has 0 bridgehead atoms. The van der Waals surface area contributed by atoms with Gasteiger partial charge < -0.3 is 5.32 Å². The van der Waals surface area contributed by atoms with Crippen molar-refractivity contribution >= 4 is 21.7 Å². The van der Waals surface area contributed by atoms with Crippen LogP contribution in [0.1, 0.15) is 18.4 Å². The van der Waals surface area contributed by atoms with E-state index in [9.17, 15) is 4.79 Å². The molecule has 1 aromatic carbocycles. The predicted molar refractivity (Wildman–Crippen MR) is 68.4 cm³/mol. The maximum atomic E-state index is 12.1. The maximum absolute atomic E-state index is 12.1. The Balaban J connectivity index is 1.99. The van der Waals surface area contributed by atoms with Gasteiger partial charge in [0.15, 0.2) is 0 Å². The summed E-state index contributed by atoms with van der Waals surface area (Å²) in [5.74, 6) is 0.641. The second-order valence-corrected chi connectivity index (χ2v) is 5.11. The Morgan fingerprint density at radius 2 is 2.00 bits per heavy atom. The molecule has 1 fully saturated rings. The van der Waals surface area contributed by atoms with Gasteiger partial charge in [-0.1, -0.05) is 34.1 Å². The van der Waals surface area contributed by atoms with Crippen molar-refractivity contribution in [2.24, 2.45) is 5.92 Å². The Hall–Kier alpha value is -0.670. The van der Waals surface area contributed by atoms with Crippen LogP contribution in [0, 0.1) is 5.92 Å². The molecular formula is C13H16BrNO. The van der Waals surface area contributed by atoms with E-state index in [1.54, 1.807) is 0 Å². The van der Waals surface area contributed by atoms with E-state index in [0.29, 0.717) is 12.2 Å². The number of nitrogens with one attached hydrogen (secondary N) is 1. The summed E-state index contributed by atoms with van der Waals surface area (Å²) >= 11 is 3.48. The minimum absolute atomic E-state index is 0.258. The molecular weight excluding hydrogens is 266 g/mol. The molecule has 1 heterocycles. The van der Waals surface area contributed by atoms with Crippen LogP contribution in [0.3, 0.4) is 0 Å². The van der Waals surface area contributed by atoms with Gasteiger partial charge in [-0.15, -0.1) is 0 Å². The van der Waals surface area contributed by atoms with E-state index in [1.807, 2.05) is 24.3 Å². The molecule has 16 heavy (non-hydrogen) atoms. The Kier molecular flexibility index (Phi) is 4.13. The zero-order chi connectivity index (χ0) is 11.4. The average Bonchev–Trinajstić information content (AvgIpc) is 2.33. The average molecular weight is 282 g/mol. The molecule has 3 heteroatoms. The van der Waals surface area contributed by atoms with Gasteiger partial charge in [-0.3, -0.25) is 4.79 Å². The normalized spacial score (nSPS) is 17.3. The first-order valence-corrected chi connectivity index (χ1v) is 6.53. The van der Waals surface area contributed by atoms with Crippen LogP contribution in [0.2, 0.25) is 0 Å². The van der Waals surface area contributed by atoms with Crippen molar-refractivity contribution in [3.63, 3.8) is 0 Å². The minimum Gasteiger partial charge on any atom is -0.317 e. The summed E-state index contributed by atoms with van der Waals surface area (Å²) in [4.78, 5) is 12.1. The van der Waals surface area contributed by atoms with E-state index >= 15 is 0 Å². The van der Waals surface area contributed by atoms with Crippen molar-refractivity contribution in [3.05, 3.63) is 34.3 Å². The molecule has 0 saturated carbocycles. The summed E-state index contributed by atoms with van der Waals surface area (Å²) in [6.07, 6.45) is 2.54. The van der Waals surface area contributed by atoms with Gasteiger partial charge in [0, 0.05) is 16.8 Å². The number of hydrogen-bond donors (Lipinski definition) is 1. The van der Waals surface area contributed by atoms with Gasteiger partial charge in [0.25, 0.3) is 0 Å². The number of piperidine rings is 1. The zero-order valence-electron chi connectivity index (χ0n) is 9.21. The highest BCUT2D eigenvalue weighted by Crippen LogP contribution is 2.20. The van der Waals surface area contributed by atoms with Crippen LogP contribution >= 0.6 is 15.9 Å². The number of carbonyl (C=O) groups is 1. The Morgan fingerprint density at radius 3 is 2.69 bits per heavy atom. The van der Waals surface area contributed by atoms with Gasteiger partial charge in [-0.25, -0.2) is 0 Å². The number of ketones is 1. The van der Waals surface area contributed by atoms with E-state index in [-0.39, 0.29) is 5.92 Å². The number of hydrogen-bond acceptors (Lipinski definition) is 2. The number of carbonyl (C=O) groups excluding carboxylic acids is 1. The minimum atomic E-state index is 0.258. The first-order chi connectivity index (χ1) is 7.77. The quantitative estimate of drug-likeness (QED) is 0.923. The standard InChI is InChI=1S/C13H16BrNO/c14-12-4-2-1-3-11(12)9-13(16)10-5-7-15-8-6-10/h1-4,10,15H,5-9H2. The molecule has 1 N–H and O–H groups in total. The largest absolute Gasteiger partial charge is 0.317 e. The van der Waals surface area contributed by atoms with Crippen molar-refractivity contribution in [2.45, 2.75) is 19.3 Å². The summed E-state index contributed by atoms with van der Waals surface area (Å²) in [5, 5.41) is 3.28. The van der Waals surface area contributed by atoms with Crippen molar-refractivity contribution in [2.75, 3.05) is 13.1 Å². The third-order valence-corrected chi connectivity index (χ3v) is 3.89. The first kappa shape index (κ1) is 11.8. The van der Waals surface area contributed by atoms with Crippen LogP contribution in [0.25, 0.3) is 0 Å². The van der Waals surface area contributed by atoms with E-state index in [4.69, 9.17) is 0 Å².